The number of alkyl halides is 2. The quantitative estimate of drug-likeness (QED) is 0.433. The van der Waals surface area contributed by atoms with Crippen molar-refractivity contribution in [3.05, 3.63) is 66.2 Å². The van der Waals surface area contributed by atoms with Crippen molar-refractivity contribution in [2.24, 2.45) is 0 Å². The van der Waals surface area contributed by atoms with Crippen molar-refractivity contribution in [3.63, 3.8) is 0 Å². The number of aromatic nitrogens is 5. The van der Waals surface area contributed by atoms with Crippen LogP contribution < -0.4 is 5.32 Å². The van der Waals surface area contributed by atoms with Crippen molar-refractivity contribution >= 4 is 46.4 Å². The number of aromatic amines is 1. The number of H-pyrrole nitrogens is 1. The second-order valence-corrected chi connectivity index (χ2v) is 7.49. The lowest BCUT2D eigenvalue weighted by Crippen LogP contribution is -2.18. The summed E-state index contributed by atoms with van der Waals surface area (Å²) in [6.07, 6.45) is 5.18. The summed E-state index contributed by atoms with van der Waals surface area (Å²) >= 11 is 17.6. The van der Waals surface area contributed by atoms with Crippen LogP contribution in [0.15, 0.2) is 61.2 Å². The lowest BCUT2D eigenvalue weighted by Gasteiger charge is -2.09. The van der Waals surface area contributed by atoms with E-state index >= 15 is 0 Å². The van der Waals surface area contributed by atoms with Gasteiger partial charge in [0.15, 0.2) is 16.5 Å². The van der Waals surface area contributed by atoms with Gasteiger partial charge in [0, 0.05) is 23.6 Å². The molecule has 1 amide bonds. The molecule has 2 N–H and O–H groups in total. The van der Waals surface area contributed by atoms with Crippen molar-refractivity contribution in [1.29, 1.82) is 0 Å². The average molecular weight is 448 g/mol. The summed E-state index contributed by atoms with van der Waals surface area (Å²) < 4.78 is 1.84. The first-order valence-electron chi connectivity index (χ1n) is 8.42. The lowest BCUT2D eigenvalue weighted by molar-refractivity contribution is -0.114. The minimum Gasteiger partial charge on any atom is -0.324 e. The molecule has 0 aliphatic carbocycles. The highest BCUT2D eigenvalue weighted by atomic mass is 35.5. The molecule has 146 valence electrons. The molecule has 7 nitrogen and oxygen atoms in total. The molecule has 2 aromatic heterocycles. The van der Waals surface area contributed by atoms with Gasteiger partial charge in [-0.05, 0) is 24.3 Å². The van der Waals surface area contributed by atoms with Crippen LogP contribution in [0.5, 0.6) is 0 Å². The van der Waals surface area contributed by atoms with Crippen LogP contribution in [0.4, 0.5) is 5.69 Å². The average Bonchev–Trinajstić information content (AvgIpc) is 3.40. The van der Waals surface area contributed by atoms with Crippen LogP contribution in [-0.2, 0) is 4.79 Å². The van der Waals surface area contributed by atoms with E-state index in [4.69, 9.17) is 34.8 Å². The Balaban J connectivity index is 1.70. The highest BCUT2D eigenvalue weighted by Crippen LogP contribution is 2.32. The number of amides is 1. The first-order chi connectivity index (χ1) is 14.0. The third-order valence-electron chi connectivity index (χ3n) is 4.08. The first-order valence-corrected chi connectivity index (χ1v) is 9.67. The van der Waals surface area contributed by atoms with Gasteiger partial charge in [-0.2, -0.15) is 5.10 Å². The van der Waals surface area contributed by atoms with Crippen molar-refractivity contribution in [3.8, 4) is 28.5 Å². The second-order valence-electron chi connectivity index (χ2n) is 5.98. The minimum atomic E-state index is -1.16. The molecule has 0 saturated heterocycles. The largest absolute Gasteiger partial charge is 0.324 e. The maximum Gasteiger partial charge on any atom is 0.257 e. The highest BCUT2D eigenvalue weighted by molar-refractivity contribution is 6.54. The molecule has 0 radical (unpaired) electrons. The molecule has 4 aromatic rings. The Morgan fingerprint density at radius 2 is 2.00 bits per heavy atom. The van der Waals surface area contributed by atoms with E-state index in [0.717, 1.165) is 5.69 Å². The molecule has 0 saturated carbocycles. The summed E-state index contributed by atoms with van der Waals surface area (Å²) in [6, 6.07) is 12.6. The summed E-state index contributed by atoms with van der Waals surface area (Å²) in [5.41, 5.74) is 2.74. The monoisotopic (exact) mass is 446 g/mol. The summed E-state index contributed by atoms with van der Waals surface area (Å²) in [5, 5.41) is 10.4. The minimum absolute atomic E-state index is 0.445. The molecule has 0 fully saturated rings. The number of hydrogen-bond acceptors (Lipinski definition) is 4. The molecule has 0 atom stereocenters. The summed E-state index contributed by atoms with van der Waals surface area (Å²) in [4.78, 5) is 19.2. The van der Waals surface area contributed by atoms with Gasteiger partial charge >= 0.3 is 0 Å². The van der Waals surface area contributed by atoms with E-state index in [9.17, 15) is 4.79 Å². The topological polar surface area (TPSA) is 88.5 Å². The highest BCUT2D eigenvalue weighted by Gasteiger charge is 2.17. The Morgan fingerprint density at radius 1 is 1.17 bits per heavy atom. The standard InChI is InChI=1S/C19H13Cl3N6O/c20-13-5-2-6-14(28-8-7-23-10-28)15(13)18-25-17(26-27-18)11-3-1-4-12(9-11)24-19(29)16(21)22/h1-10,16H,(H,24,29)(H,25,26,27). The van der Waals surface area contributed by atoms with E-state index in [1.165, 1.54) is 0 Å². The van der Waals surface area contributed by atoms with Crippen molar-refractivity contribution in [2.75, 3.05) is 5.32 Å². The normalized spacial score (nSPS) is 11.0. The van der Waals surface area contributed by atoms with Crippen LogP contribution in [0.3, 0.4) is 0 Å². The third-order valence-corrected chi connectivity index (χ3v) is 4.79. The number of halogens is 3. The van der Waals surface area contributed by atoms with E-state index in [1.54, 1.807) is 36.8 Å². The number of anilines is 1. The zero-order chi connectivity index (χ0) is 20.4. The predicted molar refractivity (Wildman–Crippen MR) is 114 cm³/mol. The van der Waals surface area contributed by atoms with Gasteiger partial charge in [-0.1, -0.05) is 53.0 Å². The molecule has 4 rings (SSSR count). The molecular formula is C19H13Cl3N6O. The maximum absolute atomic E-state index is 11.7. The Hall–Kier alpha value is -2.87. The van der Waals surface area contributed by atoms with E-state index in [-0.39, 0.29) is 0 Å². The number of nitrogens with one attached hydrogen (secondary N) is 2. The molecule has 0 spiro atoms. The number of rotatable bonds is 5. The SMILES string of the molecule is O=C(Nc1cccc(-c2n[nH]c(-c3c(Cl)cccc3-n3ccnc3)n2)c1)C(Cl)Cl. The van der Waals surface area contributed by atoms with Crippen molar-refractivity contribution in [2.45, 2.75) is 4.84 Å². The number of benzene rings is 2. The van der Waals surface area contributed by atoms with Gasteiger partial charge in [-0.25, -0.2) is 9.97 Å². The molecule has 10 heteroatoms. The van der Waals surface area contributed by atoms with Gasteiger partial charge in [0.2, 0.25) is 0 Å². The Morgan fingerprint density at radius 3 is 2.76 bits per heavy atom. The predicted octanol–water partition coefficient (Wildman–Crippen LogP) is 4.72. The van der Waals surface area contributed by atoms with Crippen LogP contribution in [0, 0.1) is 0 Å². The number of carbonyl (C=O) groups is 1. The van der Waals surface area contributed by atoms with Crippen LogP contribution >= 0.6 is 34.8 Å². The summed E-state index contributed by atoms with van der Waals surface area (Å²) in [7, 11) is 0. The molecule has 0 unspecified atom stereocenters. The molecule has 2 heterocycles. The summed E-state index contributed by atoms with van der Waals surface area (Å²) in [5.74, 6) is 0.438. The van der Waals surface area contributed by atoms with Crippen molar-refractivity contribution in [1.82, 2.24) is 24.7 Å². The van der Waals surface area contributed by atoms with E-state index in [1.807, 2.05) is 29.0 Å². The van der Waals surface area contributed by atoms with Gasteiger partial charge in [0.1, 0.15) is 0 Å². The fraction of sp³-hybridized carbons (Fsp3) is 0.0526. The fourth-order valence-electron chi connectivity index (χ4n) is 2.80. The van der Waals surface area contributed by atoms with E-state index < -0.39 is 10.7 Å². The van der Waals surface area contributed by atoms with Gasteiger partial charge in [0.25, 0.3) is 5.91 Å². The van der Waals surface area contributed by atoms with Crippen LogP contribution in [0.2, 0.25) is 5.02 Å². The van der Waals surface area contributed by atoms with Crippen LogP contribution in [0.1, 0.15) is 0 Å². The molecular weight excluding hydrogens is 435 g/mol. The van der Waals surface area contributed by atoms with Gasteiger partial charge in [-0.15, -0.1) is 0 Å². The second kappa shape index (κ2) is 8.24. The molecule has 0 bridgehead atoms. The van der Waals surface area contributed by atoms with Crippen LogP contribution in [-0.4, -0.2) is 35.5 Å². The molecule has 29 heavy (non-hydrogen) atoms. The zero-order valence-corrected chi connectivity index (χ0v) is 16.9. The summed E-state index contributed by atoms with van der Waals surface area (Å²) in [6.45, 7) is 0. The third kappa shape index (κ3) is 4.12. The maximum atomic E-state index is 11.7. The van der Waals surface area contributed by atoms with E-state index in [0.29, 0.717) is 33.5 Å². The van der Waals surface area contributed by atoms with Crippen LogP contribution in [0.25, 0.3) is 28.5 Å². The Kier molecular flexibility index (Phi) is 5.53. The Labute approximate surface area is 180 Å². The zero-order valence-electron chi connectivity index (χ0n) is 14.7. The molecule has 0 aliphatic heterocycles. The van der Waals surface area contributed by atoms with Gasteiger partial charge in [0.05, 0.1) is 22.6 Å². The number of carbonyl (C=O) groups excluding carboxylic acids is 1. The van der Waals surface area contributed by atoms with Crippen molar-refractivity contribution < 1.29 is 4.79 Å². The van der Waals surface area contributed by atoms with Gasteiger partial charge < -0.3 is 9.88 Å². The van der Waals surface area contributed by atoms with E-state index in [2.05, 4.69) is 25.5 Å². The molecule has 0 aliphatic rings. The fourth-order valence-corrected chi connectivity index (χ4v) is 3.17. The van der Waals surface area contributed by atoms with Gasteiger partial charge in [-0.3, -0.25) is 9.89 Å². The first kappa shape index (κ1) is 19.4. The molecule has 2 aromatic carbocycles. The smallest absolute Gasteiger partial charge is 0.257 e. The lowest BCUT2D eigenvalue weighted by atomic mass is 10.1. The number of nitrogens with zero attached hydrogens (tertiary/aromatic N) is 4. The Bertz CT molecular complexity index is 1160. The number of hydrogen-bond donors (Lipinski definition) is 2. The number of imidazole rings is 1.